The van der Waals surface area contributed by atoms with Crippen LogP contribution in [-0.4, -0.2) is 60.5 Å². The molecule has 0 bridgehead atoms. The van der Waals surface area contributed by atoms with E-state index in [9.17, 15) is 9.59 Å². The first-order valence-electron chi connectivity index (χ1n) is 5.09. The number of carboxylic acids is 1. The van der Waals surface area contributed by atoms with Crippen LogP contribution in [0, 0.1) is 0 Å². The van der Waals surface area contributed by atoms with Crippen molar-refractivity contribution in [3.05, 3.63) is 0 Å². The molecule has 92 valence electrons. The zero-order valence-corrected chi connectivity index (χ0v) is 8.81. The van der Waals surface area contributed by atoms with Gasteiger partial charge in [0.25, 0.3) is 0 Å². The second kappa shape index (κ2) is 6.41. The second-order valence-corrected chi connectivity index (χ2v) is 3.56. The van der Waals surface area contributed by atoms with Crippen LogP contribution in [0.5, 0.6) is 0 Å². The lowest BCUT2D eigenvalue weighted by molar-refractivity contribution is -0.146. The molecule has 1 heterocycles. The van der Waals surface area contributed by atoms with Crippen molar-refractivity contribution in [1.82, 2.24) is 10.6 Å². The minimum Gasteiger partial charge on any atom is -0.479 e. The quantitative estimate of drug-likeness (QED) is 0.433. The van der Waals surface area contributed by atoms with Gasteiger partial charge in [0, 0.05) is 13.1 Å². The summed E-state index contributed by atoms with van der Waals surface area (Å²) in [7, 11) is 0. The molecule has 0 spiro atoms. The third-order valence-corrected chi connectivity index (χ3v) is 2.20. The van der Waals surface area contributed by atoms with E-state index in [4.69, 9.17) is 14.9 Å². The van der Waals surface area contributed by atoms with Crippen LogP contribution in [0.25, 0.3) is 0 Å². The van der Waals surface area contributed by atoms with Crippen LogP contribution in [0.3, 0.4) is 0 Å². The lowest BCUT2D eigenvalue weighted by atomic mass is 10.2. The van der Waals surface area contributed by atoms with Crippen LogP contribution >= 0.6 is 0 Å². The number of amides is 1. The van der Waals surface area contributed by atoms with E-state index < -0.39 is 12.1 Å². The Hall–Kier alpha value is -1.18. The summed E-state index contributed by atoms with van der Waals surface area (Å²) in [6, 6.07) is 0. The molecule has 4 N–H and O–H groups in total. The van der Waals surface area contributed by atoms with Crippen molar-refractivity contribution < 1.29 is 24.5 Å². The number of carbonyl (C=O) groups excluding carboxylic acids is 1. The number of morpholine rings is 1. The molecule has 0 saturated carbocycles. The summed E-state index contributed by atoms with van der Waals surface area (Å²) in [5.74, 6) is -1.68. The van der Waals surface area contributed by atoms with Crippen molar-refractivity contribution in [2.75, 3.05) is 26.2 Å². The van der Waals surface area contributed by atoms with E-state index >= 15 is 0 Å². The molecule has 0 aromatic rings. The highest BCUT2D eigenvalue weighted by Crippen LogP contribution is 2.00. The molecule has 16 heavy (non-hydrogen) atoms. The Kier molecular flexibility index (Phi) is 5.17. The van der Waals surface area contributed by atoms with Crippen LogP contribution < -0.4 is 10.6 Å². The average Bonchev–Trinajstić information content (AvgIpc) is 2.27. The van der Waals surface area contributed by atoms with Gasteiger partial charge in [-0.2, -0.15) is 0 Å². The van der Waals surface area contributed by atoms with Crippen LogP contribution in [0.1, 0.15) is 6.42 Å². The maximum absolute atomic E-state index is 11.3. The van der Waals surface area contributed by atoms with Crippen molar-refractivity contribution in [3.8, 4) is 0 Å². The van der Waals surface area contributed by atoms with Crippen molar-refractivity contribution >= 4 is 11.9 Å². The summed E-state index contributed by atoms with van der Waals surface area (Å²) < 4.78 is 5.30. The largest absolute Gasteiger partial charge is 0.479 e. The van der Waals surface area contributed by atoms with Gasteiger partial charge in [0.15, 0.2) is 6.10 Å². The van der Waals surface area contributed by atoms with Gasteiger partial charge in [-0.05, 0) is 0 Å². The van der Waals surface area contributed by atoms with Gasteiger partial charge < -0.3 is 25.6 Å². The minimum absolute atomic E-state index is 0.166. The molecular weight excluding hydrogens is 216 g/mol. The number of ether oxygens (including phenoxy) is 1. The number of nitrogens with one attached hydrogen (secondary N) is 2. The van der Waals surface area contributed by atoms with Gasteiger partial charge in [0.1, 0.15) is 0 Å². The Morgan fingerprint density at radius 2 is 2.31 bits per heavy atom. The Morgan fingerprint density at radius 3 is 2.88 bits per heavy atom. The fraction of sp³-hybridized carbons (Fsp3) is 0.778. The lowest BCUT2D eigenvalue weighted by Gasteiger charge is -2.23. The number of carbonyl (C=O) groups is 2. The molecule has 1 aliphatic heterocycles. The van der Waals surface area contributed by atoms with Crippen molar-refractivity contribution in [3.63, 3.8) is 0 Å². The molecule has 1 aliphatic rings. The summed E-state index contributed by atoms with van der Waals surface area (Å²) in [5, 5.41) is 22.7. The Bertz CT molecular complexity index is 252. The normalized spacial score (nSPS) is 22.4. The summed E-state index contributed by atoms with van der Waals surface area (Å²) in [6.07, 6.45) is -1.58. The Labute approximate surface area is 92.8 Å². The SMILES string of the molecule is O=C(CC1CNCCO1)NCC(O)C(=O)O. The van der Waals surface area contributed by atoms with Gasteiger partial charge in [-0.15, -0.1) is 0 Å². The van der Waals surface area contributed by atoms with E-state index in [1.54, 1.807) is 0 Å². The molecule has 2 atom stereocenters. The topological polar surface area (TPSA) is 108 Å². The first-order valence-corrected chi connectivity index (χ1v) is 5.09. The number of hydrogen-bond acceptors (Lipinski definition) is 5. The molecule has 1 amide bonds. The Balaban J connectivity index is 2.17. The minimum atomic E-state index is -1.56. The number of hydrogen-bond donors (Lipinski definition) is 4. The van der Waals surface area contributed by atoms with Crippen LogP contribution in [0.2, 0.25) is 0 Å². The maximum Gasteiger partial charge on any atom is 0.334 e. The molecule has 0 aromatic carbocycles. The maximum atomic E-state index is 11.3. The highest BCUT2D eigenvalue weighted by molar-refractivity contribution is 5.78. The third-order valence-electron chi connectivity index (χ3n) is 2.20. The summed E-state index contributed by atoms with van der Waals surface area (Å²) in [4.78, 5) is 21.6. The van der Waals surface area contributed by atoms with Gasteiger partial charge in [-0.3, -0.25) is 4.79 Å². The van der Waals surface area contributed by atoms with Crippen molar-refractivity contribution in [2.45, 2.75) is 18.6 Å². The van der Waals surface area contributed by atoms with Crippen molar-refractivity contribution in [1.29, 1.82) is 0 Å². The molecule has 7 heteroatoms. The summed E-state index contributed by atoms with van der Waals surface area (Å²) in [5.41, 5.74) is 0. The van der Waals surface area contributed by atoms with Gasteiger partial charge in [0.2, 0.25) is 5.91 Å². The third kappa shape index (κ3) is 4.56. The number of carboxylic acid groups (broad SMARTS) is 1. The number of aliphatic carboxylic acids is 1. The first kappa shape index (κ1) is 12.9. The fourth-order valence-corrected chi connectivity index (χ4v) is 1.33. The molecule has 0 radical (unpaired) electrons. The second-order valence-electron chi connectivity index (χ2n) is 3.56. The van der Waals surface area contributed by atoms with Crippen LogP contribution in [0.4, 0.5) is 0 Å². The summed E-state index contributed by atoms with van der Waals surface area (Å²) in [6.45, 7) is 1.66. The molecule has 1 saturated heterocycles. The van der Waals surface area contributed by atoms with Crippen molar-refractivity contribution in [2.24, 2.45) is 0 Å². The number of aliphatic hydroxyl groups is 1. The predicted molar refractivity (Wildman–Crippen MR) is 53.9 cm³/mol. The zero-order chi connectivity index (χ0) is 12.0. The van der Waals surface area contributed by atoms with E-state index in [-0.39, 0.29) is 25.0 Å². The van der Waals surface area contributed by atoms with E-state index in [1.807, 2.05) is 0 Å². The molecule has 2 unspecified atom stereocenters. The molecule has 1 rings (SSSR count). The molecule has 1 fully saturated rings. The highest BCUT2D eigenvalue weighted by atomic mass is 16.5. The predicted octanol–water partition coefficient (Wildman–Crippen LogP) is -2.07. The molecule has 0 aromatic heterocycles. The van der Waals surface area contributed by atoms with Gasteiger partial charge >= 0.3 is 5.97 Å². The van der Waals surface area contributed by atoms with E-state index in [0.29, 0.717) is 13.2 Å². The summed E-state index contributed by atoms with van der Waals surface area (Å²) >= 11 is 0. The highest BCUT2D eigenvalue weighted by Gasteiger charge is 2.19. The standard InChI is InChI=1S/C9H16N2O5/c12-7(9(14)15)5-11-8(13)3-6-4-10-1-2-16-6/h6-7,10,12H,1-5H2,(H,11,13)(H,14,15). The number of aliphatic hydroxyl groups excluding tert-OH is 1. The number of rotatable bonds is 5. The van der Waals surface area contributed by atoms with Crippen LogP contribution in [0.15, 0.2) is 0 Å². The molecular formula is C9H16N2O5. The fourth-order valence-electron chi connectivity index (χ4n) is 1.33. The first-order chi connectivity index (χ1) is 7.59. The van der Waals surface area contributed by atoms with Gasteiger partial charge in [-0.25, -0.2) is 4.79 Å². The van der Waals surface area contributed by atoms with Gasteiger partial charge in [-0.1, -0.05) is 0 Å². The Morgan fingerprint density at radius 1 is 1.56 bits per heavy atom. The van der Waals surface area contributed by atoms with Crippen LogP contribution in [-0.2, 0) is 14.3 Å². The molecule has 7 nitrogen and oxygen atoms in total. The molecule has 0 aliphatic carbocycles. The zero-order valence-electron chi connectivity index (χ0n) is 8.81. The average molecular weight is 232 g/mol. The van der Waals surface area contributed by atoms with Gasteiger partial charge in [0.05, 0.1) is 25.7 Å². The lowest BCUT2D eigenvalue weighted by Crippen LogP contribution is -2.43. The van der Waals surface area contributed by atoms with E-state index in [0.717, 1.165) is 6.54 Å². The monoisotopic (exact) mass is 232 g/mol. The smallest absolute Gasteiger partial charge is 0.334 e. The van der Waals surface area contributed by atoms with E-state index in [2.05, 4.69) is 10.6 Å². The van der Waals surface area contributed by atoms with E-state index in [1.165, 1.54) is 0 Å².